The summed E-state index contributed by atoms with van der Waals surface area (Å²) < 4.78 is 18.8. The molecule has 0 aliphatic heterocycles. The second-order valence-electron chi connectivity index (χ2n) is 5.02. The van der Waals surface area contributed by atoms with Crippen molar-refractivity contribution in [1.29, 1.82) is 0 Å². The van der Waals surface area contributed by atoms with E-state index in [1.54, 1.807) is 24.3 Å². The van der Waals surface area contributed by atoms with Crippen LogP contribution in [0.4, 0.5) is 10.1 Å². The number of nitrogens with one attached hydrogen (secondary N) is 1. The molecule has 8 heteroatoms. The van der Waals surface area contributed by atoms with Crippen LogP contribution in [-0.4, -0.2) is 18.5 Å². The molecule has 0 aliphatic carbocycles. The van der Waals surface area contributed by atoms with Gasteiger partial charge in [-0.05, 0) is 42.5 Å². The van der Waals surface area contributed by atoms with Crippen LogP contribution in [0.2, 0.25) is 10.0 Å². The highest BCUT2D eigenvalue weighted by Gasteiger charge is 2.19. The number of hydrogen-bond donors (Lipinski definition) is 1. The Bertz CT molecular complexity index is 956. The number of anilines is 1. The summed E-state index contributed by atoms with van der Waals surface area (Å²) >= 11 is 12.9. The SMILES string of the molecule is O=C(COC(=O)c1sc2cc(F)ccc2c1Cl)Nc1ccc(Cl)cc1. The highest BCUT2D eigenvalue weighted by molar-refractivity contribution is 7.21. The molecule has 2 aromatic carbocycles. The number of halogens is 3. The summed E-state index contributed by atoms with van der Waals surface area (Å²) in [6.45, 7) is -0.472. The average Bonchev–Trinajstić information content (AvgIpc) is 2.91. The van der Waals surface area contributed by atoms with Crippen molar-refractivity contribution < 1.29 is 18.7 Å². The van der Waals surface area contributed by atoms with E-state index in [1.165, 1.54) is 18.2 Å². The molecule has 4 nitrogen and oxygen atoms in total. The summed E-state index contributed by atoms with van der Waals surface area (Å²) in [6.07, 6.45) is 0. The lowest BCUT2D eigenvalue weighted by molar-refractivity contribution is -0.119. The first-order chi connectivity index (χ1) is 11.9. The second kappa shape index (κ2) is 7.39. The zero-order valence-corrected chi connectivity index (χ0v) is 14.8. The second-order valence-corrected chi connectivity index (χ2v) is 6.88. The number of esters is 1. The summed E-state index contributed by atoms with van der Waals surface area (Å²) in [7, 11) is 0. The quantitative estimate of drug-likeness (QED) is 0.619. The number of amides is 1. The average molecular weight is 398 g/mol. The lowest BCUT2D eigenvalue weighted by Crippen LogP contribution is -2.20. The van der Waals surface area contributed by atoms with Gasteiger partial charge in [0.1, 0.15) is 10.7 Å². The van der Waals surface area contributed by atoms with E-state index in [-0.39, 0.29) is 9.90 Å². The van der Waals surface area contributed by atoms with E-state index in [1.807, 2.05) is 0 Å². The minimum absolute atomic E-state index is 0.126. The van der Waals surface area contributed by atoms with Crippen LogP contribution in [0, 0.1) is 5.82 Å². The van der Waals surface area contributed by atoms with Gasteiger partial charge in [-0.2, -0.15) is 0 Å². The molecular formula is C17H10Cl2FNO3S. The predicted octanol–water partition coefficient (Wildman–Crippen LogP) is 5.14. The molecule has 3 aromatic rings. The van der Waals surface area contributed by atoms with E-state index in [0.29, 0.717) is 20.8 Å². The Hall–Kier alpha value is -2.15. The maximum atomic E-state index is 13.3. The van der Waals surface area contributed by atoms with Crippen LogP contribution in [0.25, 0.3) is 10.1 Å². The van der Waals surface area contributed by atoms with E-state index in [2.05, 4.69) is 5.32 Å². The summed E-state index contributed by atoms with van der Waals surface area (Å²) in [4.78, 5) is 24.1. The minimum Gasteiger partial charge on any atom is -0.451 e. The van der Waals surface area contributed by atoms with Crippen molar-refractivity contribution in [2.45, 2.75) is 0 Å². The fraction of sp³-hybridized carbons (Fsp3) is 0.0588. The zero-order chi connectivity index (χ0) is 18.0. The monoisotopic (exact) mass is 397 g/mol. The van der Waals surface area contributed by atoms with E-state index < -0.39 is 24.3 Å². The highest BCUT2D eigenvalue weighted by atomic mass is 35.5. The molecule has 1 aromatic heterocycles. The predicted molar refractivity (Wildman–Crippen MR) is 97.2 cm³/mol. The van der Waals surface area contributed by atoms with Crippen LogP contribution in [0.1, 0.15) is 9.67 Å². The number of rotatable bonds is 4. The minimum atomic E-state index is -0.738. The number of thiophene rings is 1. The molecule has 0 spiro atoms. The summed E-state index contributed by atoms with van der Waals surface area (Å²) in [5.41, 5.74) is 0.529. The smallest absolute Gasteiger partial charge is 0.350 e. The van der Waals surface area contributed by atoms with Gasteiger partial charge in [-0.15, -0.1) is 11.3 Å². The molecule has 0 saturated carbocycles. The van der Waals surface area contributed by atoms with Crippen molar-refractivity contribution >= 4 is 62.2 Å². The van der Waals surface area contributed by atoms with Gasteiger partial charge in [-0.3, -0.25) is 4.79 Å². The molecule has 0 fully saturated rings. The van der Waals surface area contributed by atoms with Gasteiger partial charge in [0.05, 0.1) is 5.02 Å². The summed E-state index contributed by atoms with van der Waals surface area (Å²) in [6, 6.07) is 10.5. The third-order valence-corrected chi connectivity index (χ3v) is 5.13. The Morgan fingerprint density at radius 1 is 1.12 bits per heavy atom. The molecule has 1 heterocycles. The van der Waals surface area contributed by atoms with Gasteiger partial charge in [-0.25, -0.2) is 9.18 Å². The topological polar surface area (TPSA) is 55.4 Å². The van der Waals surface area contributed by atoms with Crippen molar-refractivity contribution in [2.75, 3.05) is 11.9 Å². The van der Waals surface area contributed by atoms with Crippen molar-refractivity contribution in [1.82, 2.24) is 0 Å². The summed E-state index contributed by atoms with van der Waals surface area (Å²) in [5, 5.41) is 3.86. The molecule has 128 valence electrons. The molecule has 1 N–H and O–H groups in total. The van der Waals surface area contributed by atoms with Crippen molar-refractivity contribution in [3.63, 3.8) is 0 Å². The number of carbonyl (C=O) groups is 2. The first-order valence-electron chi connectivity index (χ1n) is 7.04. The Kier molecular flexibility index (Phi) is 5.22. The van der Waals surface area contributed by atoms with Gasteiger partial charge in [0, 0.05) is 20.8 Å². The standard InChI is InChI=1S/C17H10Cl2FNO3S/c18-9-1-4-11(5-2-9)21-14(22)8-24-17(23)16-15(19)12-6-3-10(20)7-13(12)25-16/h1-7H,8H2,(H,21,22). The molecule has 25 heavy (non-hydrogen) atoms. The summed E-state index contributed by atoms with van der Waals surface area (Å²) in [5.74, 6) is -1.66. The molecule has 0 saturated heterocycles. The van der Waals surface area contributed by atoms with Crippen LogP contribution >= 0.6 is 34.5 Å². The third-order valence-electron chi connectivity index (χ3n) is 3.24. The largest absolute Gasteiger partial charge is 0.451 e. The van der Waals surface area contributed by atoms with Gasteiger partial charge in [0.25, 0.3) is 5.91 Å². The zero-order valence-electron chi connectivity index (χ0n) is 12.5. The Labute approximate surface area is 156 Å². The third kappa shape index (κ3) is 4.10. The molecule has 0 atom stereocenters. The number of carbonyl (C=O) groups excluding carboxylic acids is 2. The number of benzene rings is 2. The Morgan fingerprint density at radius 2 is 1.84 bits per heavy atom. The highest BCUT2D eigenvalue weighted by Crippen LogP contribution is 2.36. The van der Waals surface area contributed by atoms with Crippen LogP contribution in [0.3, 0.4) is 0 Å². The normalized spacial score (nSPS) is 10.7. The number of ether oxygens (including phenoxy) is 1. The van der Waals surface area contributed by atoms with Crippen LogP contribution in [0.15, 0.2) is 42.5 Å². The maximum Gasteiger partial charge on any atom is 0.350 e. The van der Waals surface area contributed by atoms with Gasteiger partial charge in [0.2, 0.25) is 0 Å². The van der Waals surface area contributed by atoms with Crippen molar-refractivity contribution in [3.8, 4) is 0 Å². The van der Waals surface area contributed by atoms with E-state index in [0.717, 1.165) is 11.3 Å². The van der Waals surface area contributed by atoms with Crippen molar-refractivity contribution in [2.24, 2.45) is 0 Å². The fourth-order valence-corrected chi connectivity index (χ4v) is 3.65. The Balaban J connectivity index is 1.65. The van der Waals surface area contributed by atoms with Gasteiger partial charge < -0.3 is 10.1 Å². The Morgan fingerprint density at radius 3 is 2.56 bits per heavy atom. The van der Waals surface area contributed by atoms with E-state index in [4.69, 9.17) is 27.9 Å². The molecule has 0 aliphatic rings. The first kappa shape index (κ1) is 17.7. The fourth-order valence-electron chi connectivity index (χ4n) is 2.10. The molecule has 0 radical (unpaired) electrons. The number of hydrogen-bond acceptors (Lipinski definition) is 4. The molecule has 1 amide bonds. The molecule has 0 bridgehead atoms. The van der Waals surface area contributed by atoms with Crippen molar-refractivity contribution in [3.05, 3.63) is 63.2 Å². The lowest BCUT2D eigenvalue weighted by atomic mass is 10.2. The molecular weight excluding hydrogens is 388 g/mol. The van der Waals surface area contributed by atoms with Crippen LogP contribution in [-0.2, 0) is 9.53 Å². The van der Waals surface area contributed by atoms with Crippen LogP contribution in [0.5, 0.6) is 0 Å². The van der Waals surface area contributed by atoms with Gasteiger partial charge >= 0.3 is 5.97 Å². The van der Waals surface area contributed by atoms with E-state index >= 15 is 0 Å². The maximum absolute atomic E-state index is 13.3. The van der Waals surface area contributed by atoms with Crippen LogP contribution < -0.4 is 5.32 Å². The van der Waals surface area contributed by atoms with Gasteiger partial charge in [0.15, 0.2) is 6.61 Å². The molecule has 0 unspecified atom stereocenters. The number of fused-ring (bicyclic) bond motifs is 1. The van der Waals surface area contributed by atoms with Gasteiger partial charge in [-0.1, -0.05) is 23.2 Å². The first-order valence-corrected chi connectivity index (χ1v) is 8.61. The molecule has 3 rings (SSSR count). The lowest BCUT2D eigenvalue weighted by Gasteiger charge is -2.06. The van der Waals surface area contributed by atoms with E-state index in [9.17, 15) is 14.0 Å².